The fourth-order valence-electron chi connectivity index (χ4n) is 2.22. The van der Waals surface area contributed by atoms with Crippen LogP contribution in [-0.4, -0.2) is 24.7 Å². The highest BCUT2D eigenvalue weighted by molar-refractivity contribution is 4.81. The van der Waals surface area contributed by atoms with Gasteiger partial charge in [0.1, 0.15) is 0 Å². The molecule has 0 radical (unpaired) electrons. The van der Waals surface area contributed by atoms with E-state index in [9.17, 15) is 0 Å². The van der Waals surface area contributed by atoms with Crippen molar-refractivity contribution in [1.29, 1.82) is 0 Å². The van der Waals surface area contributed by atoms with Crippen molar-refractivity contribution < 1.29 is 0 Å². The van der Waals surface area contributed by atoms with Crippen molar-refractivity contribution in [2.45, 2.75) is 64.6 Å². The van der Waals surface area contributed by atoms with Gasteiger partial charge in [0.05, 0.1) is 0 Å². The van der Waals surface area contributed by atoms with Crippen LogP contribution in [-0.2, 0) is 0 Å². The quantitative estimate of drug-likeness (QED) is 0.697. The molecule has 1 saturated carbocycles. The molecule has 1 aliphatic carbocycles. The lowest BCUT2D eigenvalue weighted by Crippen LogP contribution is -2.42. The van der Waals surface area contributed by atoms with E-state index in [1.165, 1.54) is 25.7 Å². The molecule has 0 unspecified atom stereocenters. The molecule has 0 atom stereocenters. The number of hydrogen-bond acceptors (Lipinski definition) is 2. The van der Waals surface area contributed by atoms with Crippen LogP contribution in [0.15, 0.2) is 0 Å². The number of nitrogens with one attached hydrogen (secondary N) is 2. The molecule has 1 aliphatic rings. The molecule has 2 heteroatoms. The molecule has 0 saturated heterocycles. The normalized spacial score (nSPS) is 29.5. The van der Waals surface area contributed by atoms with Gasteiger partial charge in [0.15, 0.2) is 0 Å². The lowest BCUT2D eigenvalue weighted by Gasteiger charge is -2.30. The Kier molecular flexibility index (Phi) is 4.74. The fraction of sp³-hybridized carbons (Fsp3) is 1.00. The third-order valence-corrected chi connectivity index (χ3v) is 2.79. The molecule has 1 fully saturated rings. The summed E-state index contributed by atoms with van der Waals surface area (Å²) in [4.78, 5) is 0. The highest BCUT2D eigenvalue weighted by atomic mass is 15.0. The molecule has 0 heterocycles. The van der Waals surface area contributed by atoms with Gasteiger partial charge >= 0.3 is 0 Å². The van der Waals surface area contributed by atoms with Gasteiger partial charge in [-0.2, -0.15) is 0 Å². The van der Waals surface area contributed by atoms with E-state index < -0.39 is 0 Å². The summed E-state index contributed by atoms with van der Waals surface area (Å²) in [5, 5.41) is 7.15. The van der Waals surface area contributed by atoms with Crippen LogP contribution in [0.4, 0.5) is 0 Å². The van der Waals surface area contributed by atoms with Gasteiger partial charge in [0, 0.05) is 18.1 Å². The Morgan fingerprint density at radius 3 is 2.08 bits per heavy atom. The maximum atomic E-state index is 3.62. The summed E-state index contributed by atoms with van der Waals surface area (Å²) in [5.41, 5.74) is 0. The summed E-state index contributed by atoms with van der Waals surface area (Å²) in [6.45, 7) is 7.78. The maximum Gasteiger partial charge on any atom is 0.00705 e. The van der Waals surface area contributed by atoms with E-state index in [1.54, 1.807) is 0 Å². The van der Waals surface area contributed by atoms with Crippen LogP contribution in [0.5, 0.6) is 0 Å². The van der Waals surface area contributed by atoms with Gasteiger partial charge < -0.3 is 10.6 Å². The Hall–Kier alpha value is -0.0800. The molecule has 0 aliphatic heterocycles. The van der Waals surface area contributed by atoms with Gasteiger partial charge in [-0.3, -0.25) is 0 Å². The van der Waals surface area contributed by atoms with Crippen molar-refractivity contribution >= 4 is 0 Å². The minimum Gasteiger partial charge on any atom is -0.314 e. The third kappa shape index (κ3) is 4.10. The monoisotopic (exact) mass is 184 g/mol. The molecule has 0 aromatic rings. The molecule has 78 valence electrons. The summed E-state index contributed by atoms with van der Waals surface area (Å²) in [6, 6.07) is 2.20. The third-order valence-electron chi connectivity index (χ3n) is 2.79. The first-order valence-electron chi connectivity index (χ1n) is 5.71. The van der Waals surface area contributed by atoms with Crippen molar-refractivity contribution in [3.8, 4) is 0 Å². The second-order valence-electron chi connectivity index (χ2n) is 4.43. The molecule has 13 heavy (non-hydrogen) atoms. The highest BCUT2D eigenvalue weighted by Gasteiger charge is 2.20. The Balaban J connectivity index is 2.15. The SMILES string of the molecule is CCN[C@H]1CC[C@@H](NC(C)C)CC1. The zero-order valence-electron chi connectivity index (χ0n) is 9.27. The van der Waals surface area contributed by atoms with E-state index in [2.05, 4.69) is 31.4 Å². The Labute approximate surface area is 82.5 Å². The zero-order valence-corrected chi connectivity index (χ0v) is 9.27. The van der Waals surface area contributed by atoms with Crippen LogP contribution >= 0.6 is 0 Å². The molecule has 0 spiro atoms. The molecule has 0 amide bonds. The first-order valence-corrected chi connectivity index (χ1v) is 5.71. The lowest BCUT2D eigenvalue weighted by atomic mass is 9.91. The standard InChI is InChI=1S/C11H24N2/c1-4-12-10-5-7-11(8-6-10)13-9(2)3/h9-13H,4-8H2,1-3H3/t10-,11+. The first kappa shape index (κ1) is 11.0. The van der Waals surface area contributed by atoms with Crippen LogP contribution in [0.1, 0.15) is 46.5 Å². The van der Waals surface area contributed by atoms with E-state index in [0.29, 0.717) is 6.04 Å². The second kappa shape index (κ2) is 5.61. The van der Waals surface area contributed by atoms with Crippen molar-refractivity contribution in [3.05, 3.63) is 0 Å². The summed E-state index contributed by atoms with van der Waals surface area (Å²) >= 11 is 0. The molecular formula is C11H24N2. The minimum absolute atomic E-state index is 0.640. The molecule has 2 nitrogen and oxygen atoms in total. The van der Waals surface area contributed by atoms with Crippen LogP contribution in [0, 0.1) is 0 Å². The van der Waals surface area contributed by atoms with Gasteiger partial charge in [0.2, 0.25) is 0 Å². The van der Waals surface area contributed by atoms with Crippen molar-refractivity contribution in [2.75, 3.05) is 6.54 Å². The topological polar surface area (TPSA) is 24.1 Å². The van der Waals surface area contributed by atoms with Crippen LogP contribution in [0.3, 0.4) is 0 Å². The summed E-state index contributed by atoms with van der Waals surface area (Å²) in [5.74, 6) is 0. The van der Waals surface area contributed by atoms with Gasteiger partial charge in [-0.1, -0.05) is 20.8 Å². The molecule has 0 bridgehead atoms. The van der Waals surface area contributed by atoms with Crippen molar-refractivity contribution in [2.24, 2.45) is 0 Å². The van der Waals surface area contributed by atoms with Crippen LogP contribution in [0.25, 0.3) is 0 Å². The first-order chi connectivity index (χ1) is 6.22. The fourth-order valence-corrected chi connectivity index (χ4v) is 2.22. The molecule has 1 rings (SSSR count). The molecular weight excluding hydrogens is 160 g/mol. The highest BCUT2D eigenvalue weighted by Crippen LogP contribution is 2.18. The lowest BCUT2D eigenvalue weighted by molar-refractivity contribution is 0.299. The van der Waals surface area contributed by atoms with Gasteiger partial charge in [0.25, 0.3) is 0 Å². The maximum absolute atomic E-state index is 3.62. The minimum atomic E-state index is 0.640. The molecule has 0 aromatic heterocycles. The van der Waals surface area contributed by atoms with Crippen LogP contribution < -0.4 is 10.6 Å². The Bertz CT molecular complexity index is 126. The van der Waals surface area contributed by atoms with Gasteiger partial charge in [-0.05, 0) is 32.2 Å². The number of hydrogen-bond donors (Lipinski definition) is 2. The predicted octanol–water partition coefficient (Wildman–Crippen LogP) is 1.91. The average molecular weight is 184 g/mol. The predicted molar refractivity (Wildman–Crippen MR) is 58.0 cm³/mol. The van der Waals surface area contributed by atoms with Crippen molar-refractivity contribution in [1.82, 2.24) is 10.6 Å². The van der Waals surface area contributed by atoms with E-state index >= 15 is 0 Å². The van der Waals surface area contributed by atoms with Crippen molar-refractivity contribution in [3.63, 3.8) is 0 Å². The summed E-state index contributed by atoms with van der Waals surface area (Å²) < 4.78 is 0. The average Bonchev–Trinajstić information content (AvgIpc) is 2.08. The van der Waals surface area contributed by atoms with Gasteiger partial charge in [-0.15, -0.1) is 0 Å². The largest absolute Gasteiger partial charge is 0.314 e. The second-order valence-corrected chi connectivity index (χ2v) is 4.43. The zero-order chi connectivity index (χ0) is 9.68. The number of rotatable bonds is 4. The van der Waals surface area contributed by atoms with E-state index in [4.69, 9.17) is 0 Å². The Morgan fingerprint density at radius 2 is 1.62 bits per heavy atom. The molecule has 0 aromatic carbocycles. The molecule has 2 N–H and O–H groups in total. The van der Waals surface area contributed by atoms with Crippen LogP contribution in [0.2, 0.25) is 0 Å². The van der Waals surface area contributed by atoms with E-state index in [0.717, 1.165) is 18.6 Å². The summed E-state index contributed by atoms with van der Waals surface area (Å²) in [7, 11) is 0. The Morgan fingerprint density at radius 1 is 1.08 bits per heavy atom. The smallest absolute Gasteiger partial charge is 0.00705 e. The van der Waals surface area contributed by atoms with Gasteiger partial charge in [-0.25, -0.2) is 0 Å². The van der Waals surface area contributed by atoms with E-state index in [1.807, 2.05) is 0 Å². The summed E-state index contributed by atoms with van der Waals surface area (Å²) in [6.07, 6.45) is 5.38. The van der Waals surface area contributed by atoms with E-state index in [-0.39, 0.29) is 0 Å².